The minimum absolute atomic E-state index is 0.0768. The average molecular weight is 390 g/mol. The van der Waals surface area contributed by atoms with E-state index in [1.807, 2.05) is 6.07 Å². The fraction of sp³-hybridized carbons (Fsp3) is 0.227. The maximum Gasteiger partial charge on any atom is 0.187 e. The Morgan fingerprint density at radius 1 is 1.28 bits per heavy atom. The predicted molar refractivity (Wildman–Crippen MR) is 104 cm³/mol. The molecule has 0 bridgehead atoms. The number of carbonyl (C=O) groups excluding carboxylic acids is 1. The Morgan fingerprint density at radius 2 is 2.10 bits per heavy atom. The van der Waals surface area contributed by atoms with E-state index in [4.69, 9.17) is 4.74 Å². The fourth-order valence-electron chi connectivity index (χ4n) is 3.31. The molecule has 0 aliphatic carbocycles. The van der Waals surface area contributed by atoms with Gasteiger partial charge in [0.25, 0.3) is 0 Å². The number of ketones is 1. The van der Waals surface area contributed by atoms with Crippen LogP contribution < -0.4 is 5.32 Å². The van der Waals surface area contributed by atoms with Crippen molar-refractivity contribution in [3.8, 4) is 11.8 Å². The van der Waals surface area contributed by atoms with E-state index in [0.717, 1.165) is 12.1 Å². The lowest BCUT2D eigenvalue weighted by molar-refractivity contribution is 0.0277. The molecule has 1 unspecified atom stereocenters. The molecule has 0 saturated carbocycles. The molecule has 1 N–H and O–H groups in total. The normalized spacial score (nSPS) is 16.3. The zero-order valence-electron chi connectivity index (χ0n) is 15.6. The van der Waals surface area contributed by atoms with E-state index < -0.39 is 0 Å². The van der Waals surface area contributed by atoms with Crippen LogP contribution in [0.25, 0.3) is 5.69 Å². The molecule has 2 aromatic carbocycles. The van der Waals surface area contributed by atoms with E-state index in [0.29, 0.717) is 35.7 Å². The second-order valence-electron chi connectivity index (χ2n) is 6.81. The molecule has 1 aliphatic rings. The lowest BCUT2D eigenvalue weighted by atomic mass is 9.97. The van der Waals surface area contributed by atoms with Crippen LogP contribution in [0.15, 0.2) is 54.7 Å². The summed E-state index contributed by atoms with van der Waals surface area (Å²) >= 11 is 0. The summed E-state index contributed by atoms with van der Waals surface area (Å²) in [6, 6.07) is 15.1. The molecule has 0 spiro atoms. The van der Waals surface area contributed by atoms with Gasteiger partial charge in [-0.1, -0.05) is 12.1 Å². The number of aromatic nitrogens is 2. The summed E-state index contributed by atoms with van der Waals surface area (Å²) in [6.45, 7) is 2.15. The zero-order chi connectivity index (χ0) is 20.2. The Labute approximate surface area is 167 Å². The van der Waals surface area contributed by atoms with Crippen LogP contribution in [0.5, 0.6) is 0 Å². The molecule has 29 heavy (non-hydrogen) atoms. The van der Waals surface area contributed by atoms with Crippen LogP contribution in [0.2, 0.25) is 0 Å². The Balaban J connectivity index is 1.51. The Morgan fingerprint density at radius 3 is 2.83 bits per heavy atom. The van der Waals surface area contributed by atoms with E-state index in [9.17, 15) is 14.4 Å². The summed E-state index contributed by atoms with van der Waals surface area (Å²) in [4.78, 5) is 12.7. The topological polar surface area (TPSA) is 79.9 Å². The van der Waals surface area contributed by atoms with Crippen molar-refractivity contribution < 1.29 is 13.9 Å². The monoisotopic (exact) mass is 390 g/mol. The molecule has 1 aliphatic heterocycles. The molecular weight excluding hydrogens is 371 g/mol. The molecule has 146 valence electrons. The lowest BCUT2D eigenvalue weighted by Crippen LogP contribution is -2.33. The van der Waals surface area contributed by atoms with E-state index in [-0.39, 0.29) is 24.1 Å². The first kappa shape index (κ1) is 19.0. The van der Waals surface area contributed by atoms with Crippen LogP contribution in [0.4, 0.5) is 4.39 Å². The van der Waals surface area contributed by atoms with Crippen LogP contribution in [0, 0.1) is 17.1 Å². The van der Waals surface area contributed by atoms with E-state index in [1.165, 1.54) is 16.8 Å². The first-order valence-electron chi connectivity index (χ1n) is 9.34. The molecule has 1 fully saturated rings. The molecule has 1 atom stereocenters. The van der Waals surface area contributed by atoms with Crippen molar-refractivity contribution in [2.24, 2.45) is 0 Å². The van der Waals surface area contributed by atoms with Crippen molar-refractivity contribution in [2.75, 3.05) is 19.7 Å². The van der Waals surface area contributed by atoms with Gasteiger partial charge in [0.15, 0.2) is 5.78 Å². The summed E-state index contributed by atoms with van der Waals surface area (Å²) in [7, 11) is 0. The van der Waals surface area contributed by atoms with Crippen molar-refractivity contribution in [1.29, 1.82) is 5.26 Å². The molecule has 0 radical (unpaired) electrons. The summed E-state index contributed by atoms with van der Waals surface area (Å²) in [5, 5.41) is 17.1. The number of Topliss-reactive ketones (excluding diaryl/α,β-unsaturated/α-hetero) is 1. The highest BCUT2D eigenvalue weighted by molar-refractivity contribution is 5.96. The van der Waals surface area contributed by atoms with Gasteiger partial charge in [0.05, 0.1) is 30.0 Å². The van der Waals surface area contributed by atoms with Crippen LogP contribution in [-0.2, 0) is 11.2 Å². The largest absolute Gasteiger partial charge is 0.371 e. The number of benzene rings is 2. The van der Waals surface area contributed by atoms with Crippen LogP contribution >= 0.6 is 0 Å². The third-order valence-electron chi connectivity index (χ3n) is 4.87. The molecule has 4 rings (SSSR count). The summed E-state index contributed by atoms with van der Waals surface area (Å²) in [6.07, 6.45) is 1.64. The average Bonchev–Trinajstić information content (AvgIpc) is 3.25. The maximum atomic E-state index is 13.1. The van der Waals surface area contributed by atoms with Crippen LogP contribution in [-0.4, -0.2) is 35.3 Å². The minimum atomic E-state index is -0.334. The number of nitrogens with zero attached hydrogens (tertiary/aromatic N) is 3. The number of nitriles is 1. The molecule has 0 amide bonds. The van der Waals surface area contributed by atoms with E-state index in [1.54, 1.807) is 36.5 Å². The summed E-state index contributed by atoms with van der Waals surface area (Å²) < 4.78 is 20.3. The predicted octanol–water partition coefficient (Wildman–Crippen LogP) is 2.97. The van der Waals surface area contributed by atoms with Gasteiger partial charge in [0, 0.05) is 25.7 Å². The molecule has 6 nitrogen and oxygen atoms in total. The number of morpholine rings is 1. The van der Waals surface area contributed by atoms with Crippen molar-refractivity contribution in [3.63, 3.8) is 0 Å². The molecule has 2 heterocycles. The number of ether oxygens (including phenoxy) is 1. The molecular formula is C22H19FN4O2. The number of rotatable bonds is 5. The van der Waals surface area contributed by atoms with Crippen molar-refractivity contribution in [3.05, 3.63) is 82.9 Å². The van der Waals surface area contributed by atoms with Crippen LogP contribution in [0.1, 0.15) is 33.3 Å². The third kappa shape index (κ3) is 4.24. The number of hydrogen-bond donors (Lipinski definition) is 1. The standard InChI is InChI=1S/C22H19FN4O2/c23-18-3-5-19(6-4-18)27-9-7-20(26-27)21(28)12-15-1-2-16(11-17(15)13-24)22-14-25-8-10-29-22/h1-7,9,11,22,25H,8,10,12,14H2. The molecule has 7 heteroatoms. The summed E-state index contributed by atoms with van der Waals surface area (Å²) in [5.74, 6) is -0.523. The lowest BCUT2D eigenvalue weighted by Gasteiger charge is -2.24. The molecule has 1 saturated heterocycles. The number of hydrogen-bond acceptors (Lipinski definition) is 5. The van der Waals surface area contributed by atoms with Gasteiger partial charge >= 0.3 is 0 Å². The first-order chi connectivity index (χ1) is 14.1. The quantitative estimate of drug-likeness (QED) is 0.678. The molecule has 1 aromatic heterocycles. The number of carbonyl (C=O) groups is 1. The maximum absolute atomic E-state index is 13.1. The highest BCUT2D eigenvalue weighted by atomic mass is 19.1. The van der Waals surface area contributed by atoms with E-state index >= 15 is 0 Å². The number of halogens is 1. The van der Waals surface area contributed by atoms with Gasteiger partial charge in [-0.25, -0.2) is 9.07 Å². The molecule has 3 aromatic rings. The SMILES string of the molecule is N#Cc1cc(C2CNCCO2)ccc1CC(=O)c1ccn(-c2ccc(F)cc2)n1. The van der Waals surface area contributed by atoms with E-state index in [2.05, 4.69) is 16.5 Å². The minimum Gasteiger partial charge on any atom is -0.371 e. The van der Waals surface area contributed by atoms with Gasteiger partial charge in [-0.15, -0.1) is 0 Å². The Bertz CT molecular complexity index is 1060. The van der Waals surface area contributed by atoms with Crippen molar-refractivity contribution in [1.82, 2.24) is 15.1 Å². The van der Waals surface area contributed by atoms with Gasteiger partial charge < -0.3 is 10.1 Å². The van der Waals surface area contributed by atoms with Crippen LogP contribution in [0.3, 0.4) is 0 Å². The Kier molecular flexibility index (Phi) is 5.47. The highest BCUT2D eigenvalue weighted by Crippen LogP contribution is 2.22. The van der Waals surface area contributed by atoms with Gasteiger partial charge in [-0.3, -0.25) is 4.79 Å². The van der Waals surface area contributed by atoms with Gasteiger partial charge in [-0.05, 0) is 47.5 Å². The second-order valence-corrected chi connectivity index (χ2v) is 6.81. The van der Waals surface area contributed by atoms with Gasteiger partial charge in [-0.2, -0.15) is 10.4 Å². The fourth-order valence-corrected chi connectivity index (χ4v) is 3.31. The third-order valence-corrected chi connectivity index (χ3v) is 4.87. The van der Waals surface area contributed by atoms with Gasteiger partial charge in [0.2, 0.25) is 0 Å². The zero-order valence-corrected chi connectivity index (χ0v) is 15.6. The summed E-state index contributed by atoms with van der Waals surface area (Å²) in [5.41, 5.74) is 2.99. The smallest absolute Gasteiger partial charge is 0.187 e. The highest BCUT2D eigenvalue weighted by Gasteiger charge is 2.19. The first-order valence-corrected chi connectivity index (χ1v) is 9.34. The van der Waals surface area contributed by atoms with Crippen molar-refractivity contribution >= 4 is 5.78 Å². The Hall–Kier alpha value is -3.34. The van der Waals surface area contributed by atoms with Gasteiger partial charge in [0.1, 0.15) is 11.5 Å². The second kappa shape index (κ2) is 8.35. The van der Waals surface area contributed by atoms with Crippen molar-refractivity contribution in [2.45, 2.75) is 12.5 Å². The number of nitrogens with one attached hydrogen (secondary N) is 1.